The van der Waals surface area contributed by atoms with Crippen LogP contribution >= 0.6 is 0 Å². The molecule has 45 heavy (non-hydrogen) atoms. The van der Waals surface area contributed by atoms with Gasteiger partial charge in [-0.15, -0.1) is 5.10 Å². The predicted octanol–water partition coefficient (Wildman–Crippen LogP) is 7.41. The van der Waals surface area contributed by atoms with E-state index in [4.69, 9.17) is 0 Å². The topological polar surface area (TPSA) is 78.8 Å². The molecule has 1 N–H and O–H groups in total. The van der Waals surface area contributed by atoms with E-state index in [1.165, 1.54) is 31.1 Å². The first-order valence-corrected chi connectivity index (χ1v) is 13.7. The molecule has 0 spiro atoms. The highest BCUT2D eigenvalue weighted by Crippen LogP contribution is 2.45. The fourth-order valence-corrected chi connectivity index (χ4v) is 5.67. The number of nitrogens with zero attached hydrogens (tertiary/aromatic N) is 7. The molecular weight excluding hydrogens is 619 g/mol. The molecule has 0 fully saturated rings. The number of fused-ring (bicyclic) bond motifs is 1. The van der Waals surface area contributed by atoms with Crippen LogP contribution in [0, 0.1) is 6.92 Å². The van der Waals surface area contributed by atoms with Crippen LogP contribution in [0.4, 0.5) is 51.1 Å². The molecule has 1 aliphatic heterocycles. The molecule has 4 aromatic rings. The maximum absolute atomic E-state index is 14.1. The fourth-order valence-electron chi connectivity index (χ4n) is 5.67. The van der Waals surface area contributed by atoms with E-state index >= 15 is 0 Å². The van der Waals surface area contributed by atoms with E-state index in [1.54, 1.807) is 18.0 Å². The molecular formula is C28H27F9N8. The highest BCUT2D eigenvalue weighted by molar-refractivity contribution is 5.62. The van der Waals surface area contributed by atoms with Gasteiger partial charge < -0.3 is 14.8 Å². The van der Waals surface area contributed by atoms with Gasteiger partial charge in [0.2, 0.25) is 0 Å². The third kappa shape index (κ3) is 6.71. The van der Waals surface area contributed by atoms with Gasteiger partial charge in [0.25, 0.3) is 5.95 Å². The van der Waals surface area contributed by atoms with Gasteiger partial charge in [-0.05, 0) is 72.9 Å². The van der Waals surface area contributed by atoms with Crippen LogP contribution in [0.3, 0.4) is 0 Å². The third-order valence-electron chi connectivity index (χ3n) is 7.74. The minimum absolute atomic E-state index is 0.0330. The summed E-state index contributed by atoms with van der Waals surface area (Å²) in [5.41, 5.74) is -3.77. The fraction of sp³-hybridized carbons (Fsp3) is 0.429. The van der Waals surface area contributed by atoms with Crippen molar-refractivity contribution in [2.75, 3.05) is 16.3 Å². The van der Waals surface area contributed by atoms with Crippen LogP contribution in [0.5, 0.6) is 0 Å². The molecule has 1 unspecified atom stereocenters. The summed E-state index contributed by atoms with van der Waals surface area (Å²) in [4.78, 5) is 11.4. The lowest BCUT2D eigenvalue weighted by molar-refractivity contribution is -0.143. The van der Waals surface area contributed by atoms with Gasteiger partial charge in [0.1, 0.15) is 5.82 Å². The van der Waals surface area contributed by atoms with Gasteiger partial charge in [-0.3, -0.25) is 0 Å². The second-order valence-electron chi connectivity index (χ2n) is 10.8. The van der Waals surface area contributed by atoms with Crippen molar-refractivity contribution in [2.24, 2.45) is 7.05 Å². The molecule has 2 aromatic carbocycles. The molecule has 0 aliphatic carbocycles. The van der Waals surface area contributed by atoms with Crippen molar-refractivity contribution < 1.29 is 39.5 Å². The Balaban J connectivity index is 1.69. The molecule has 2 aromatic heterocycles. The average molecular weight is 647 g/mol. The largest absolute Gasteiger partial charge is 0.416 e. The summed E-state index contributed by atoms with van der Waals surface area (Å²) in [6.07, 6.45) is -11.1. The number of nitrogens with one attached hydrogen (secondary N) is 1. The van der Waals surface area contributed by atoms with Crippen LogP contribution in [0.2, 0.25) is 0 Å². The lowest BCUT2D eigenvalue weighted by atomic mass is 9.94. The highest BCUT2D eigenvalue weighted by atomic mass is 19.4. The van der Waals surface area contributed by atoms with Gasteiger partial charge >= 0.3 is 18.5 Å². The Kier molecular flexibility index (Phi) is 8.24. The average Bonchev–Trinajstić information content (AvgIpc) is 3.59. The van der Waals surface area contributed by atoms with Gasteiger partial charge in [-0.2, -0.15) is 44.3 Å². The van der Waals surface area contributed by atoms with Crippen LogP contribution in [-0.2, 0) is 32.1 Å². The zero-order valence-electron chi connectivity index (χ0n) is 24.1. The van der Waals surface area contributed by atoms with Crippen molar-refractivity contribution >= 4 is 11.6 Å². The first-order chi connectivity index (χ1) is 20.9. The number of benzene rings is 2. The molecule has 0 radical (unpaired) electrons. The smallest absolute Gasteiger partial charge is 0.361 e. The lowest BCUT2D eigenvalue weighted by Gasteiger charge is -2.34. The third-order valence-corrected chi connectivity index (χ3v) is 7.74. The number of aryl methyl sites for hydroxylation is 2. The zero-order valence-corrected chi connectivity index (χ0v) is 24.1. The number of H-pyrrole nitrogens is 1. The standard InChI is InChI=1S/C28H27F9N8/c1-15-9-20-22(5-4-8-44(16(2)24-38-6-7-39-24)23(20)13-21(15)28(35,36)37)45(25-40-42-43(3)41-25)14-17-10-18(26(29,30)31)12-19(11-17)27(32,33)34/h6-7,9-13,16,22H,4-5,8,14H2,1-3H3,(H,38,39)/t16-,22?/m0/s1. The van der Waals surface area contributed by atoms with E-state index in [0.717, 1.165) is 10.9 Å². The summed E-state index contributed by atoms with van der Waals surface area (Å²) in [5.74, 6) is 0.370. The number of hydrogen-bond donors (Lipinski definition) is 1. The number of alkyl halides is 9. The Morgan fingerprint density at radius 1 is 0.956 bits per heavy atom. The van der Waals surface area contributed by atoms with Gasteiger partial charge in [-0.1, -0.05) is 11.2 Å². The lowest BCUT2D eigenvalue weighted by Crippen LogP contribution is -2.31. The van der Waals surface area contributed by atoms with Crippen LogP contribution in [0.15, 0.2) is 42.7 Å². The molecule has 5 rings (SSSR count). The molecule has 0 bridgehead atoms. The molecule has 0 saturated heterocycles. The van der Waals surface area contributed by atoms with Crippen molar-refractivity contribution in [2.45, 2.75) is 63.8 Å². The predicted molar refractivity (Wildman–Crippen MR) is 144 cm³/mol. The zero-order chi connectivity index (χ0) is 32.9. The Morgan fingerprint density at radius 3 is 2.16 bits per heavy atom. The van der Waals surface area contributed by atoms with Crippen LogP contribution in [0.25, 0.3) is 0 Å². The van der Waals surface area contributed by atoms with Crippen molar-refractivity contribution in [3.05, 3.63) is 81.9 Å². The number of imidazole rings is 1. The van der Waals surface area contributed by atoms with E-state index in [1.807, 2.05) is 0 Å². The number of aromatic amines is 1. The van der Waals surface area contributed by atoms with Crippen molar-refractivity contribution in [1.29, 1.82) is 0 Å². The second kappa shape index (κ2) is 11.6. The van der Waals surface area contributed by atoms with E-state index in [9.17, 15) is 39.5 Å². The summed E-state index contributed by atoms with van der Waals surface area (Å²) in [5, 5.41) is 11.9. The monoisotopic (exact) mass is 646 g/mol. The minimum Gasteiger partial charge on any atom is -0.361 e. The van der Waals surface area contributed by atoms with Gasteiger partial charge in [0, 0.05) is 31.2 Å². The maximum atomic E-state index is 14.1. The van der Waals surface area contributed by atoms with Crippen molar-refractivity contribution in [1.82, 2.24) is 30.2 Å². The van der Waals surface area contributed by atoms with E-state index < -0.39 is 53.8 Å². The quantitative estimate of drug-likeness (QED) is 0.220. The summed E-state index contributed by atoms with van der Waals surface area (Å²) in [7, 11) is 1.42. The first kappa shape index (κ1) is 32.1. The first-order valence-electron chi connectivity index (χ1n) is 13.7. The Hall–Kier alpha value is -4.31. The van der Waals surface area contributed by atoms with E-state index in [-0.39, 0.29) is 41.8 Å². The molecule has 242 valence electrons. The molecule has 3 heterocycles. The van der Waals surface area contributed by atoms with Crippen molar-refractivity contribution in [3.8, 4) is 0 Å². The number of tetrazole rings is 1. The van der Waals surface area contributed by atoms with Crippen LogP contribution in [0.1, 0.15) is 71.1 Å². The SMILES string of the molecule is Cc1cc2c(cc1C(F)(F)F)N([C@@H](C)c1ncc[nH]1)CCCC2N(Cc1cc(C(F)(F)F)cc(C(F)(F)F)c1)c1nnn(C)n1. The summed E-state index contributed by atoms with van der Waals surface area (Å²) in [6.45, 7) is 2.80. The Bertz CT molecular complexity index is 1610. The summed E-state index contributed by atoms with van der Waals surface area (Å²) >= 11 is 0. The van der Waals surface area contributed by atoms with Crippen molar-refractivity contribution in [3.63, 3.8) is 0 Å². The number of anilines is 2. The maximum Gasteiger partial charge on any atom is 0.416 e. The second-order valence-corrected chi connectivity index (χ2v) is 10.8. The Labute approximate surface area is 250 Å². The number of halogens is 9. The molecule has 0 saturated carbocycles. The van der Waals surface area contributed by atoms with Crippen LogP contribution < -0.4 is 9.80 Å². The summed E-state index contributed by atoms with van der Waals surface area (Å²) in [6, 6.07) is 2.26. The Morgan fingerprint density at radius 2 is 1.62 bits per heavy atom. The normalized spacial score (nSPS) is 16.8. The molecule has 17 heteroatoms. The van der Waals surface area contributed by atoms with Gasteiger partial charge in [0.05, 0.1) is 35.8 Å². The number of rotatable bonds is 6. The van der Waals surface area contributed by atoms with E-state index in [0.29, 0.717) is 29.9 Å². The highest BCUT2D eigenvalue weighted by Gasteiger charge is 2.40. The molecule has 2 atom stereocenters. The van der Waals surface area contributed by atoms with Gasteiger partial charge in [-0.25, -0.2) is 4.98 Å². The summed E-state index contributed by atoms with van der Waals surface area (Å²) < 4.78 is 125. The van der Waals surface area contributed by atoms with E-state index in [2.05, 4.69) is 25.4 Å². The number of hydrogen-bond acceptors (Lipinski definition) is 6. The number of aromatic nitrogens is 6. The van der Waals surface area contributed by atoms with Gasteiger partial charge in [0.15, 0.2) is 0 Å². The molecule has 1 aliphatic rings. The van der Waals surface area contributed by atoms with Crippen LogP contribution in [-0.4, -0.2) is 36.7 Å². The minimum atomic E-state index is -5.08. The molecule has 0 amide bonds. The molecule has 8 nitrogen and oxygen atoms in total.